The first-order chi connectivity index (χ1) is 13.6. The number of non-ortho nitro benzene ring substituents is 1. The van der Waals surface area contributed by atoms with Gasteiger partial charge in [-0.1, -0.05) is 11.6 Å². The number of hydrazone groups is 1. The lowest BCUT2D eigenvalue weighted by Gasteiger charge is -2.33. The van der Waals surface area contributed by atoms with Crippen molar-refractivity contribution in [3.05, 3.63) is 63.2 Å². The van der Waals surface area contributed by atoms with Gasteiger partial charge in [0.1, 0.15) is 5.75 Å². The van der Waals surface area contributed by atoms with E-state index in [1.54, 1.807) is 0 Å². The molecule has 1 N–H and O–H groups in total. The highest BCUT2D eigenvalue weighted by Gasteiger charge is 2.35. The maximum absolute atomic E-state index is 12.4. The zero-order chi connectivity index (χ0) is 21.2. The van der Waals surface area contributed by atoms with Gasteiger partial charge in [-0.3, -0.25) is 19.2 Å². The van der Waals surface area contributed by atoms with Crippen molar-refractivity contribution in [1.82, 2.24) is 5.43 Å². The first-order valence-corrected chi connectivity index (χ1v) is 10.4. The molecule has 0 spiro atoms. The lowest BCUT2D eigenvalue weighted by molar-refractivity contribution is -0.384. The first kappa shape index (κ1) is 20.6. The van der Waals surface area contributed by atoms with Crippen LogP contribution in [0.3, 0.4) is 0 Å². The summed E-state index contributed by atoms with van der Waals surface area (Å²) >= 11 is 5.93. The van der Waals surface area contributed by atoms with Gasteiger partial charge in [-0.2, -0.15) is 5.10 Å². The van der Waals surface area contributed by atoms with E-state index in [-0.39, 0.29) is 23.7 Å². The zero-order valence-electron chi connectivity index (χ0n) is 15.0. The number of anilines is 1. The molecule has 0 saturated heterocycles. The highest BCUT2D eigenvalue weighted by molar-refractivity contribution is 7.92. The minimum absolute atomic E-state index is 0.0681. The SMILES string of the molecule is CS(=O)(=O)N1CC(C(=O)N/N=C\c2ccc([N+](=O)[O-])cc2)Oc2ccc(Cl)cc21. The molecule has 1 amide bonds. The molecule has 1 aliphatic heterocycles. The molecule has 29 heavy (non-hydrogen) atoms. The normalized spacial score (nSPS) is 16.2. The Kier molecular flexibility index (Phi) is 5.71. The van der Waals surface area contributed by atoms with Crippen LogP contribution in [-0.2, 0) is 14.8 Å². The largest absolute Gasteiger partial charge is 0.476 e. The van der Waals surface area contributed by atoms with Gasteiger partial charge in [-0.25, -0.2) is 13.8 Å². The molecule has 12 heteroatoms. The summed E-state index contributed by atoms with van der Waals surface area (Å²) < 4.78 is 30.9. The molecule has 1 heterocycles. The molecule has 0 saturated carbocycles. The van der Waals surface area contributed by atoms with E-state index in [1.807, 2.05) is 0 Å². The minimum atomic E-state index is -3.68. The van der Waals surface area contributed by atoms with Crippen LogP contribution in [0.5, 0.6) is 5.75 Å². The number of halogens is 1. The van der Waals surface area contributed by atoms with Gasteiger partial charge in [0.25, 0.3) is 11.6 Å². The van der Waals surface area contributed by atoms with E-state index < -0.39 is 27.0 Å². The highest BCUT2D eigenvalue weighted by atomic mass is 35.5. The smallest absolute Gasteiger partial charge is 0.283 e. The maximum atomic E-state index is 12.4. The number of hydrogen-bond acceptors (Lipinski definition) is 7. The van der Waals surface area contributed by atoms with Crippen molar-refractivity contribution < 1.29 is 22.9 Å². The lowest BCUT2D eigenvalue weighted by Crippen LogP contribution is -2.49. The fraction of sp³-hybridized carbons (Fsp3) is 0.176. The number of hydrogen-bond donors (Lipinski definition) is 1. The van der Waals surface area contributed by atoms with Crippen molar-refractivity contribution in [1.29, 1.82) is 0 Å². The number of carbonyl (C=O) groups excluding carboxylic acids is 1. The van der Waals surface area contributed by atoms with Crippen LogP contribution in [0.4, 0.5) is 11.4 Å². The number of nitro benzene ring substituents is 1. The van der Waals surface area contributed by atoms with Crippen molar-refractivity contribution in [2.75, 3.05) is 17.1 Å². The quantitative estimate of drug-likeness (QED) is 0.431. The van der Waals surface area contributed by atoms with E-state index >= 15 is 0 Å². The van der Waals surface area contributed by atoms with Crippen molar-refractivity contribution in [3.8, 4) is 5.75 Å². The Morgan fingerprint density at radius 3 is 2.66 bits per heavy atom. The Labute approximate surface area is 170 Å². The molecule has 0 bridgehead atoms. The molecule has 1 unspecified atom stereocenters. The summed E-state index contributed by atoms with van der Waals surface area (Å²) in [6.45, 7) is -0.245. The monoisotopic (exact) mass is 438 g/mol. The van der Waals surface area contributed by atoms with Crippen molar-refractivity contribution in [2.45, 2.75) is 6.10 Å². The van der Waals surface area contributed by atoms with Crippen LogP contribution in [0.25, 0.3) is 0 Å². The third kappa shape index (κ3) is 4.81. The van der Waals surface area contributed by atoms with Crippen molar-refractivity contribution in [2.24, 2.45) is 5.10 Å². The first-order valence-electron chi connectivity index (χ1n) is 8.16. The number of nitrogens with one attached hydrogen (secondary N) is 1. The minimum Gasteiger partial charge on any atom is -0.476 e. The van der Waals surface area contributed by atoms with E-state index in [4.69, 9.17) is 16.3 Å². The van der Waals surface area contributed by atoms with E-state index in [9.17, 15) is 23.3 Å². The Balaban J connectivity index is 1.72. The Morgan fingerprint density at radius 2 is 2.03 bits per heavy atom. The summed E-state index contributed by atoms with van der Waals surface area (Å²) in [7, 11) is -3.68. The molecule has 2 aromatic rings. The molecule has 0 fully saturated rings. The number of amides is 1. The van der Waals surface area contributed by atoms with Gasteiger partial charge in [0.15, 0.2) is 6.10 Å². The van der Waals surface area contributed by atoms with E-state index in [1.165, 1.54) is 48.7 Å². The molecule has 0 radical (unpaired) electrons. The van der Waals surface area contributed by atoms with E-state index in [0.29, 0.717) is 10.6 Å². The summed E-state index contributed by atoms with van der Waals surface area (Å²) in [6, 6.07) is 9.99. The second-order valence-electron chi connectivity index (χ2n) is 6.10. The van der Waals surface area contributed by atoms with Crippen LogP contribution in [-0.4, -0.2) is 44.4 Å². The number of benzene rings is 2. The molecule has 3 rings (SSSR count). The van der Waals surface area contributed by atoms with Gasteiger partial charge in [0.2, 0.25) is 10.0 Å². The van der Waals surface area contributed by atoms with Gasteiger partial charge in [-0.15, -0.1) is 0 Å². The zero-order valence-corrected chi connectivity index (χ0v) is 16.6. The Bertz CT molecular complexity index is 1090. The van der Waals surface area contributed by atoms with Gasteiger partial charge in [0, 0.05) is 17.2 Å². The van der Waals surface area contributed by atoms with Crippen LogP contribution < -0.4 is 14.5 Å². The fourth-order valence-corrected chi connectivity index (χ4v) is 3.67. The summed E-state index contributed by atoms with van der Waals surface area (Å²) in [6.07, 6.45) is 1.18. The summed E-state index contributed by atoms with van der Waals surface area (Å²) in [5.74, 6) is -0.456. The number of nitrogens with zero attached hydrogens (tertiary/aromatic N) is 3. The van der Waals surface area contributed by atoms with Crippen molar-refractivity contribution in [3.63, 3.8) is 0 Å². The second kappa shape index (κ2) is 8.05. The number of fused-ring (bicyclic) bond motifs is 1. The van der Waals surface area contributed by atoms with E-state index in [2.05, 4.69) is 10.5 Å². The molecule has 1 atom stereocenters. The molecular weight excluding hydrogens is 424 g/mol. The third-order valence-corrected chi connectivity index (χ3v) is 5.36. The predicted molar refractivity (Wildman–Crippen MR) is 107 cm³/mol. The van der Waals surface area contributed by atoms with Crippen LogP contribution in [0, 0.1) is 10.1 Å². The summed E-state index contributed by atoms with van der Waals surface area (Å²) in [5.41, 5.74) is 2.98. The van der Waals surface area contributed by atoms with Gasteiger partial charge < -0.3 is 4.74 Å². The standard InChI is InChI=1S/C17H15ClN4O6S/c1-29(26,27)21-10-16(28-15-7-4-12(18)8-14(15)21)17(23)20-19-9-11-2-5-13(6-3-11)22(24)25/h2-9,16H,10H2,1H3,(H,20,23)/b19-9-. The third-order valence-electron chi connectivity index (χ3n) is 3.98. The molecule has 10 nitrogen and oxygen atoms in total. The highest BCUT2D eigenvalue weighted by Crippen LogP contribution is 2.37. The summed E-state index contributed by atoms with van der Waals surface area (Å²) in [5, 5.41) is 14.8. The maximum Gasteiger partial charge on any atom is 0.283 e. The summed E-state index contributed by atoms with van der Waals surface area (Å²) in [4.78, 5) is 22.5. The van der Waals surface area contributed by atoms with Crippen LogP contribution in [0.2, 0.25) is 5.02 Å². The lowest BCUT2D eigenvalue weighted by atomic mass is 10.2. The number of rotatable bonds is 5. The van der Waals surface area contributed by atoms with Crippen LogP contribution in [0.15, 0.2) is 47.6 Å². The number of carbonyl (C=O) groups is 1. The topological polar surface area (TPSA) is 131 Å². The Morgan fingerprint density at radius 1 is 1.34 bits per heavy atom. The second-order valence-corrected chi connectivity index (χ2v) is 8.44. The Hall–Kier alpha value is -3.18. The van der Waals surface area contributed by atoms with Gasteiger partial charge >= 0.3 is 0 Å². The molecule has 1 aliphatic rings. The van der Waals surface area contributed by atoms with Gasteiger partial charge in [-0.05, 0) is 35.9 Å². The van der Waals surface area contributed by atoms with Gasteiger partial charge in [0.05, 0.1) is 29.6 Å². The molecular formula is C17H15ClN4O6S. The van der Waals surface area contributed by atoms with Crippen LogP contribution in [0.1, 0.15) is 5.56 Å². The number of ether oxygens (including phenoxy) is 1. The van der Waals surface area contributed by atoms with E-state index in [0.717, 1.165) is 10.6 Å². The average Bonchev–Trinajstić information content (AvgIpc) is 2.66. The molecule has 152 valence electrons. The number of nitro groups is 1. The fourth-order valence-electron chi connectivity index (χ4n) is 2.60. The van der Waals surface area contributed by atoms with Crippen LogP contribution >= 0.6 is 11.6 Å². The molecule has 0 aromatic heterocycles. The molecule has 2 aromatic carbocycles. The average molecular weight is 439 g/mol. The predicted octanol–water partition coefficient (Wildman–Crippen LogP) is 1.93. The number of sulfonamides is 1. The van der Waals surface area contributed by atoms with Crippen molar-refractivity contribution >= 4 is 45.1 Å². The molecule has 0 aliphatic carbocycles.